The van der Waals surface area contributed by atoms with Gasteiger partial charge in [-0.15, -0.1) is 10.2 Å². The molecule has 0 radical (unpaired) electrons. The third-order valence-electron chi connectivity index (χ3n) is 5.62. The van der Waals surface area contributed by atoms with Crippen LogP contribution in [-0.2, 0) is 11.2 Å². The molecule has 0 unspecified atom stereocenters. The summed E-state index contributed by atoms with van der Waals surface area (Å²) >= 11 is 0. The molecule has 0 aliphatic rings. The highest BCUT2D eigenvalue weighted by Crippen LogP contribution is 2.18. The largest absolute Gasteiger partial charge is 0.477 e. The van der Waals surface area contributed by atoms with Crippen LogP contribution in [0.3, 0.4) is 0 Å². The Morgan fingerprint density at radius 2 is 1.34 bits per heavy atom. The summed E-state index contributed by atoms with van der Waals surface area (Å²) in [5.41, 5.74) is 2.93. The van der Waals surface area contributed by atoms with Gasteiger partial charge in [0.1, 0.15) is 0 Å². The van der Waals surface area contributed by atoms with E-state index in [2.05, 4.69) is 41.2 Å². The van der Waals surface area contributed by atoms with Crippen molar-refractivity contribution in [1.82, 2.24) is 15.2 Å². The fourth-order valence-electron chi connectivity index (χ4n) is 3.58. The van der Waals surface area contributed by atoms with E-state index in [1.54, 1.807) is 0 Å². The van der Waals surface area contributed by atoms with Crippen LogP contribution in [0.5, 0.6) is 5.88 Å². The summed E-state index contributed by atoms with van der Waals surface area (Å²) < 4.78 is 11.4. The molecule has 0 saturated carbocycles. The van der Waals surface area contributed by atoms with Gasteiger partial charge in [0, 0.05) is 36.7 Å². The molecule has 0 saturated heterocycles. The first kappa shape index (κ1) is 26.2. The Morgan fingerprint density at radius 1 is 0.656 bits per heavy atom. The number of rotatable bonds is 19. The Labute approximate surface area is 195 Å². The summed E-state index contributed by atoms with van der Waals surface area (Å²) in [5, 5.41) is 8.52. The molecule has 2 aromatic rings. The SMILES string of the molecule is CCCCCCCCOc1ccc(-c2ccc(CCCCOCCCCCC)nc2)nn1. The Hall–Kier alpha value is -2.01. The smallest absolute Gasteiger partial charge is 0.233 e. The van der Waals surface area contributed by atoms with E-state index in [-0.39, 0.29) is 0 Å². The van der Waals surface area contributed by atoms with E-state index in [4.69, 9.17) is 9.47 Å². The average molecular weight is 442 g/mol. The van der Waals surface area contributed by atoms with Crippen molar-refractivity contribution in [3.8, 4) is 17.1 Å². The molecule has 2 rings (SSSR count). The molecular weight excluding hydrogens is 398 g/mol. The third kappa shape index (κ3) is 11.6. The minimum Gasteiger partial charge on any atom is -0.477 e. The zero-order valence-electron chi connectivity index (χ0n) is 20.4. The van der Waals surface area contributed by atoms with Crippen LogP contribution in [-0.4, -0.2) is 35.0 Å². The first-order valence-electron chi connectivity index (χ1n) is 12.8. The van der Waals surface area contributed by atoms with Gasteiger partial charge in [-0.3, -0.25) is 4.98 Å². The number of aromatic nitrogens is 3. The minimum atomic E-state index is 0.597. The van der Waals surface area contributed by atoms with Crippen LogP contribution in [0.4, 0.5) is 0 Å². The number of hydrogen-bond acceptors (Lipinski definition) is 5. The van der Waals surface area contributed by atoms with Crippen molar-refractivity contribution in [3.05, 3.63) is 36.2 Å². The van der Waals surface area contributed by atoms with Gasteiger partial charge in [-0.1, -0.05) is 65.2 Å². The molecule has 0 fully saturated rings. The van der Waals surface area contributed by atoms with E-state index in [0.29, 0.717) is 12.5 Å². The quantitative estimate of drug-likeness (QED) is 0.216. The molecular formula is C27H43N3O2. The zero-order chi connectivity index (χ0) is 22.7. The summed E-state index contributed by atoms with van der Waals surface area (Å²) in [6, 6.07) is 8.02. The molecule has 5 nitrogen and oxygen atoms in total. The van der Waals surface area contributed by atoms with Gasteiger partial charge in [0.25, 0.3) is 0 Å². The first-order chi connectivity index (χ1) is 15.8. The van der Waals surface area contributed by atoms with E-state index in [1.165, 1.54) is 57.8 Å². The highest BCUT2D eigenvalue weighted by Gasteiger charge is 2.04. The molecule has 0 bridgehead atoms. The second-order valence-corrected chi connectivity index (χ2v) is 8.54. The molecule has 5 heteroatoms. The van der Waals surface area contributed by atoms with Gasteiger partial charge in [-0.2, -0.15) is 0 Å². The highest BCUT2D eigenvalue weighted by atomic mass is 16.5. The highest BCUT2D eigenvalue weighted by molar-refractivity contribution is 5.57. The van der Waals surface area contributed by atoms with Crippen LogP contribution >= 0.6 is 0 Å². The van der Waals surface area contributed by atoms with Crippen LogP contribution in [0, 0.1) is 0 Å². The number of unbranched alkanes of at least 4 members (excludes halogenated alkanes) is 9. The number of aryl methyl sites for hydroxylation is 1. The van der Waals surface area contributed by atoms with Crippen molar-refractivity contribution >= 4 is 0 Å². The molecule has 0 amide bonds. The minimum absolute atomic E-state index is 0.597. The lowest BCUT2D eigenvalue weighted by Gasteiger charge is -2.06. The van der Waals surface area contributed by atoms with Gasteiger partial charge in [0.2, 0.25) is 5.88 Å². The molecule has 2 aromatic heterocycles. The van der Waals surface area contributed by atoms with Crippen LogP contribution in [0.1, 0.15) is 96.6 Å². The normalized spacial score (nSPS) is 11.1. The Kier molecular flexibility index (Phi) is 14.4. The molecule has 0 aliphatic carbocycles. The maximum atomic E-state index is 5.72. The van der Waals surface area contributed by atoms with Crippen molar-refractivity contribution in [3.63, 3.8) is 0 Å². The van der Waals surface area contributed by atoms with E-state index in [1.807, 2.05) is 18.3 Å². The summed E-state index contributed by atoms with van der Waals surface area (Å²) in [6.07, 6.45) is 17.6. The first-order valence-corrected chi connectivity index (χ1v) is 12.8. The van der Waals surface area contributed by atoms with Gasteiger partial charge in [-0.25, -0.2) is 0 Å². The van der Waals surface area contributed by atoms with Gasteiger partial charge in [-0.05, 0) is 50.3 Å². The van der Waals surface area contributed by atoms with Crippen LogP contribution in [0.15, 0.2) is 30.5 Å². The number of nitrogens with zero attached hydrogens (tertiary/aromatic N) is 3. The summed E-state index contributed by atoms with van der Waals surface area (Å²) in [6.45, 7) is 6.94. The topological polar surface area (TPSA) is 57.1 Å². The maximum Gasteiger partial charge on any atom is 0.233 e. The van der Waals surface area contributed by atoms with Gasteiger partial charge >= 0.3 is 0 Å². The Bertz CT molecular complexity index is 689. The maximum absolute atomic E-state index is 5.72. The molecule has 2 heterocycles. The van der Waals surface area contributed by atoms with Gasteiger partial charge < -0.3 is 9.47 Å². The monoisotopic (exact) mass is 441 g/mol. The van der Waals surface area contributed by atoms with Gasteiger partial charge in [0.15, 0.2) is 0 Å². The average Bonchev–Trinajstić information content (AvgIpc) is 2.83. The molecule has 0 spiro atoms. The van der Waals surface area contributed by atoms with Crippen molar-refractivity contribution in [2.75, 3.05) is 19.8 Å². The fourth-order valence-corrected chi connectivity index (χ4v) is 3.58. The summed E-state index contributed by atoms with van der Waals surface area (Å²) in [4.78, 5) is 4.60. The number of ether oxygens (including phenoxy) is 2. The molecule has 32 heavy (non-hydrogen) atoms. The predicted octanol–water partition coefficient (Wildman–Crippen LogP) is 7.20. The van der Waals surface area contributed by atoms with Crippen molar-refractivity contribution in [2.24, 2.45) is 0 Å². The van der Waals surface area contributed by atoms with Crippen molar-refractivity contribution < 1.29 is 9.47 Å². The molecule has 0 atom stereocenters. The Balaban J connectivity index is 1.60. The molecule has 0 N–H and O–H groups in total. The van der Waals surface area contributed by atoms with Crippen molar-refractivity contribution in [1.29, 1.82) is 0 Å². The number of pyridine rings is 1. The van der Waals surface area contributed by atoms with Gasteiger partial charge in [0.05, 0.1) is 12.3 Å². The van der Waals surface area contributed by atoms with Crippen molar-refractivity contribution in [2.45, 2.75) is 97.3 Å². The standard InChI is InChI=1S/C27H43N3O2/c1-3-5-7-9-10-13-22-32-27-19-18-26(29-30-27)24-16-17-25(28-23-24)15-11-14-21-31-20-12-8-6-4-2/h16-19,23H,3-15,20-22H2,1-2H3. The van der Waals surface area contributed by atoms with E-state index < -0.39 is 0 Å². The zero-order valence-corrected chi connectivity index (χ0v) is 20.4. The van der Waals surface area contributed by atoms with Crippen LogP contribution < -0.4 is 4.74 Å². The molecule has 0 aliphatic heterocycles. The second kappa shape index (κ2) is 17.5. The lowest BCUT2D eigenvalue weighted by atomic mass is 10.1. The van der Waals surface area contributed by atoms with Crippen LogP contribution in [0.2, 0.25) is 0 Å². The molecule has 178 valence electrons. The van der Waals surface area contributed by atoms with Crippen LogP contribution in [0.25, 0.3) is 11.3 Å². The lowest BCUT2D eigenvalue weighted by Crippen LogP contribution is -2.01. The Morgan fingerprint density at radius 3 is 2.03 bits per heavy atom. The fraction of sp³-hybridized carbons (Fsp3) is 0.667. The second-order valence-electron chi connectivity index (χ2n) is 8.54. The summed E-state index contributed by atoms with van der Waals surface area (Å²) in [5.74, 6) is 0.597. The lowest BCUT2D eigenvalue weighted by molar-refractivity contribution is 0.126. The third-order valence-corrected chi connectivity index (χ3v) is 5.62. The van der Waals surface area contributed by atoms with E-state index in [9.17, 15) is 0 Å². The predicted molar refractivity (Wildman–Crippen MR) is 132 cm³/mol. The number of hydrogen-bond donors (Lipinski definition) is 0. The van der Waals surface area contributed by atoms with E-state index >= 15 is 0 Å². The van der Waals surface area contributed by atoms with E-state index in [0.717, 1.165) is 55.8 Å². The summed E-state index contributed by atoms with van der Waals surface area (Å²) in [7, 11) is 0. The molecule has 0 aromatic carbocycles.